The fraction of sp³-hybridized carbons (Fsp3) is 0.333. The third-order valence-corrected chi connectivity index (χ3v) is 6.46. The lowest BCUT2D eigenvalue weighted by Crippen LogP contribution is -2.32. The SMILES string of the molecule is Cc1cc2oc(C(=O)Nc3ccc(Cl)cn3)c(NC(=O)C3CCC(N)CC3)c2c(C)c1C(N)=O.Cl. The van der Waals surface area contributed by atoms with Crippen LogP contribution in [0.2, 0.25) is 5.02 Å². The maximum absolute atomic E-state index is 13.2. The maximum atomic E-state index is 13.2. The largest absolute Gasteiger partial charge is 0.449 e. The van der Waals surface area contributed by atoms with Gasteiger partial charge >= 0.3 is 0 Å². The first-order chi connectivity index (χ1) is 16.2. The number of pyridine rings is 1. The Balaban J connectivity index is 0.00000342. The van der Waals surface area contributed by atoms with Crippen LogP contribution in [0.15, 0.2) is 28.8 Å². The Bertz CT molecular complexity index is 1280. The third kappa shape index (κ3) is 5.42. The quantitative estimate of drug-likeness (QED) is 0.393. The summed E-state index contributed by atoms with van der Waals surface area (Å²) in [7, 11) is 0. The van der Waals surface area contributed by atoms with E-state index in [9.17, 15) is 14.4 Å². The predicted molar refractivity (Wildman–Crippen MR) is 137 cm³/mol. The zero-order valence-electron chi connectivity index (χ0n) is 19.3. The Morgan fingerprint density at radius 3 is 2.40 bits per heavy atom. The van der Waals surface area contributed by atoms with Crippen molar-refractivity contribution in [2.75, 3.05) is 10.6 Å². The topological polar surface area (TPSA) is 153 Å². The first-order valence-corrected chi connectivity index (χ1v) is 11.4. The normalized spacial score (nSPS) is 17.5. The van der Waals surface area contributed by atoms with Crippen LogP contribution >= 0.6 is 24.0 Å². The fourth-order valence-electron chi connectivity index (χ4n) is 4.50. The number of fused-ring (bicyclic) bond motifs is 1. The van der Waals surface area contributed by atoms with Crippen molar-refractivity contribution in [2.45, 2.75) is 45.6 Å². The van der Waals surface area contributed by atoms with Crippen molar-refractivity contribution in [1.29, 1.82) is 0 Å². The second kappa shape index (κ2) is 10.6. The highest BCUT2D eigenvalue weighted by atomic mass is 35.5. The Morgan fingerprint density at radius 1 is 1.11 bits per heavy atom. The van der Waals surface area contributed by atoms with Gasteiger partial charge in [-0.2, -0.15) is 0 Å². The van der Waals surface area contributed by atoms with Gasteiger partial charge in [-0.05, 0) is 68.9 Å². The number of benzene rings is 1. The number of aromatic nitrogens is 1. The molecular formula is C24H27Cl2N5O4. The van der Waals surface area contributed by atoms with Gasteiger partial charge in [-0.25, -0.2) is 4.98 Å². The number of carbonyl (C=O) groups excluding carboxylic acids is 3. The van der Waals surface area contributed by atoms with Crippen LogP contribution in [0.4, 0.5) is 11.5 Å². The second-order valence-corrected chi connectivity index (χ2v) is 9.09. The highest BCUT2D eigenvalue weighted by Gasteiger charge is 2.30. The molecule has 2 heterocycles. The van der Waals surface area contributed by atoms with Crippen molar-refractivity contribution in [1.82, 2.24) is 4.98 Å². The second-order valence-electron chi connectivity index (χ2n) is 8.65. The Kier molecular flexibility index (Phi) is 8.04. The van der Waals surface area contributed by atoms with Crippen molar-refractivity contribution < 1.29 is 18.8 Å². The molecule has 0 spiro atoms. The highest BCUT2D eigenvalue weighted by Crippen LogP contribution is 2.37. The molecule has 9 nitrogen and oxygen atoms in total. The van der Waals surface area contributed by atoms with Gasteiger partial charge in [-0.3, -0.25) is 14.4 Å². The number of anilines is 2. The molecule has 6 N–H and O–H groups in total. The molecule has 0 aliphatic heterocycles. The van der Waals surface area contributed by atoms with Crippen LogP contribution in [-0.2, 0) is 4.79 Å². The monoisotopic (exact) mass is 519 g/mol. The Morgan fingerprint density at radius 2 is 1.80 bits per heavy atom. The number of hydrogen-bond acceptors (Lipinski definition) is 6. The van der Waals surface area contributed by atoms with E-state index in [0.717, 1.165) is 12.8 Å². The van der Waals surface area contributed by atoms with Crippen LogP contribution in [0.1, 0.15) is 57.7 Å². The number of halogens is 2. The van der Waals surface area contributed by atoms with Gasteiger partial charge in [-0.1, -0.05) is 11.6 Å². The van der Waals surface area contributed by atoms with Gasteiger partial charge in [0.05, 0.1) is 5.02 Å². The molecule has 35 heavy (non-hydrogen) atoms. The van der Waals surface area contributed by atoms with Crippen molar-refractivity contribution in [3.63, 3.8) is 0 Å². The lowest BCUT2D eigenvalue weighted by atomic mass is 9.86. The zero-order valence-corrected chi connectivity index (χ0v) is 20.9. The number of hydrogen-bond donors (Lipinski definition) is 4. The summed E-state index contributed by atoms with van der Waals surface area (Å²) in [5.74, 6) is -1.51. The van der Waals surface area contributed by atoms with Crippen LogP contribution in [0.5, 0.6) is 0 Å². The molecule has 2 aromatic heterocycles. The average Bonchev–Trinajstić information content (AvgIpc) is 3.13. The van der Waals surface area contributed by atoms with E-state index in [1.807, 2.05) is 0 Å². The summed E-state index contributed by atoms with van der Waals surface area (Å²) < 4.78 is 5.91. The number of carbonyl (C=O) groups is 3. The molecule has 11 heteroatoms. The number of primary amides is 1. The third-order valence-electron chi connectivity index (χ3n) is 6.24. The molecule has 0 unspecified atom stereocenters. The summed E-state index contributed by atoms with van der Waals surface area (Å²) in [5, 5.41) is 6.42. The Hall–Kier alpha value is -3.14. The molecule has 1 aliphatic rings. The molecule has 3 aromatic rings. The van der Waals surface area contributed by atoms with E-state index in [1.54, 1.807) is 32.0 Å². The summed E-state index contributed by atoms with van der Waals surface area (Å²) >= 11 is 5.87. The molecule has 186 valence electrons. The molecule has 0 radical (unpaired) electrons. The number of nitrogens with zero attached hydrogens (tertiary/aromatic N) is 1. The van der Waals surface area contributed by atoms with Gasteiger partial charge in [0, 0.05) is 29.1 Å². The van der Waals surface area contributed by atoms with E-state index in [-0.39, 0.29) is 47.5 Å². The number of furan rings is 1. The van der Waals surface area contributed by atoms with E-state index < -0.39 is 11.8 Å². The minimum atomic E-state index is -0.607. The highest BCUT2D eigenvalue weighted by molar-refractivity contribution is 6.30. The number of aryl methyl sites for hydroxylation is 2. The van der Waals surface area contributed by atoms with Gasteiger partial charge in [0.15, 0.2) is 0 Å². The minimum Gasteiger partial charge on any atom is -0.449 e. The summed E-state index contributed by atoms with van der Waals surface area (Å²) in [6.07, 6.45) is 4.22. The number of rotatable bonds is 5. The van der Waals surface area contributed by atoms with Gasteiger partial charge < -0.3 is 26.5 Å². The first-order valence-electron chi connectivity index (χ1n) is 11.0. The fourth-order valence-corrected chi connectivity index (χ4v) is 4.61. The van der Waals surface area contributed by atoms with E-state index >= 15 is 0 Å². The molecule has 1 aliphatic carbocycles. The van der Waals surface area contributed by atoms with E-state index in [0.29, 0.717) is 45.5 Å². The molecule has 4 rings (SSSR count). The molecule has 0 bridgehead atoms. The number of nitrogens with one attached hydrogen (secondary N) is 2. The van der Waals surface area contributed by atoms with Gasteiger partial charge in [0.1, 0.15) is 17.1 Å². The lowest BCUT2D eigenvalue weighted by molar-refractivity contribution is -0.120. The molecule has 1 fully saturated rings. The molecular weight excluding hydrogens is 493 g/mol. The summed E-state index contributed by atoms with van der Waals surface area (Å²) in [6.45, 7) is 3.44. The van der Waals surface area contributed by atoms with Crippen LogP contribution < -0.4 is 22.1 Å². The van der Waals surface area contributed by atoms with Crippen molar-refractivity contribution in [2.24, 2.45) is 17.4 Å². The molecule has 1 saturated carbocycles. The van der Waals surface area contributed by atoms with Crippen molar-refractivity contribution in [3.05, 3.63) is 51.9 Å². The van der Waals surface area contributed by atoms with Crippen molar-refractivity contribution >= 4 is 64.2 Å². The van der Waals surface area contributed by atoms with E-state index in [4.69, 9.17) is 27.5 Å². The average molecular weight is 520 g/mol. The van der Waals surface area contributed by atoms with Crippen LogP contribution in [0, 0.1) is 19.8 Å². The van der Waals surface area contributed by atoms with Gasteiger partial charge in [0.2, 0.25) is 17.6 Å². The van der Waals surface area contributed by atoms with Gasteiger partial charge in [0.25, 0.3) is 5.91 Å². The minimum absolute atomic E-state index is 0. The molecule has 3 amide bonds. The first kappa shape index (κ1) is 26.5. The van der Waals surface area contributed by atoms with Crippen LogP contribution in [0.25, 0.3) is 11.0 Å². The van der Waals surface area contributed by atoms with Crippen LogP contribution in [0.3, 0.4) is 0 Å². The smallest absolute Gasteiger partial charge is 0.294 e. The molecule has 0 atom stereocenters. The summed E-state index contributed by atoms with van der Waals surface area (Å²) in [5.41, 5.74) is 13.6. The lowest BCUT2D eigenvalue weighted by Gasteiger charge is -2.25. The van der Waals surface area contributed by atoms with E-state index in [1.165, 1.54) is 6.20 Å². The standard InChI is InChI=1S/C24H26ClN5O4.ClH/c1-11-9-16-19(12(2)18(11)22(27)31)20(30-23(32)13-3-6-15(26)7-4-13)21(34-16)24(33)29-17-8-5-14(25)10-28-17;/h5,8-10,13,15H,3-4,6-7,26H2,1-2H3,(H2,27,31)(H,30,32)(H,28,29,33);1H. The maximum Gasteiger partial charge on any atom is 0.294 e. The van der Waals surface area contributed by atoms with Crippen molar-refractivity contribution in [3.8, 4) is 0 Å². The predicted octanol–water partition coefficient (Wildman–Crippen LogP) is 4.33. The van der Waals surface area contributed by atoms with E-state index in [2.05, 4.69) is 15.6 Å². The summed E-state index contributed by atoms with van der Waals surface area (Å²) in [4.78, 5) is 42.5. The zero-order chi connectivity index (χ0) is 24.6. The van der Waals surface area contributed by atoms with Gasteiger partial charge in [-0.15, -0.1) is 12.4 Å². The number of amides is 3. The number of nitrogens with two attached hydrogens (primary N) is 2. The Labute approximate surface area is 213 Å². The molecule has 1 aromatic carbocycles. The molecule has 0 saturated heterocycles. The van der Waals surface area contributed by atoms with Crippen LogP contribution in [-0.4, -0.2) is 28.7 Å². The summed E-state index contributed by atoms with van der Waals surface area (Å²) in [6, 6.07) is 4.86.